The summed E-state index contributed by atoms with van der Waals surface area (Å²) >= 11 is 0. The number of nitrogens with zero attached hydrogens (tertiary/aromatic N) is 4. The Bertz CT molecular complexity index is 848. The zero-order chi connectivity index (χ0) is 15.8. The van der Waals surface area contributed by atoms with Gasteiger partial charge in [0.1, 0.15) is 11.3 Å². The number of aromatic nitrogens is 4. The second kappa shape index (κ2) is 5.65. The molecule has 0 bridgehead atoms. The van der Waals surface area contributed by atoms with Gasteiger partial charge in [0.05, 0.1) is 29.9 Å². The number of imidazole rings is 1. The van der Waals surface area contributed by atoms with Crippen molar-refractivity contribution < 1.29 is 0 Å². The highest BCUT2D eigenvalue weighted by Gasteiger charge is 2.21. The predicted octanol–water partition coefficient (Wildman–Crippen LogP) is 3.94. The quantitative estimate of drug-likeness (QED) is 0.793. The second-order valence-electron chi connectivity index (χ2n) is 6.29. The molecule has 0 saturated heterocycles. The SMILES string of the molecule is CCc1cc(C2CCC2)ncc1Nc1cc2c(cn1)ncn2C. The van der Waals surface area contributed by atoms with Crippen LogP contribution in [0, 0.1) is 0 Å². The van der Waals surface area contributed by atoms with Gasteiger partial charge >= 0.3 is 0 Å². The number of rotatable bonds is 4. The summed E-state index contributed by atoms with van der Waals surface area (Å²) in [5.74, 6) is 1.49. The fraction of sp³-hybridized carbons (Fsp3) is 0.389. The van der Waals surface area contributed by atoms with Gasteiger partial charge in [0, 0.05) is 24.7 Å². The first kappa shape index (κ1) is 14.2. The molecule has 0 radical (unpaired) electrons. The molecular weight excluding hydrogens is 286 g/mol. The van der Waals surface area contributed by atoms with Gasteiger partial charge in [0.25, 0.3) is 0 Å². The van der Waals surface area contributed by atoms with E-state index in [1.807, 2.05) is 30.2 Å². The lowest BCUT2D eigenvalue weighted by Gasteiger charge is -2.25. The second-order valence-corrected chi connectivity index (χ2v) is 6.29. The van der Waals surface area contributed by atoms with Crippen molar-refractivity contribution in [3.05, 3.63) is 42.1 Å². The summed E-state index contributed by atoms with van der Waals surface area (Å²) in [6.45, 7) is 2.18. The van der Waals surface area contributed by atoms with Gasteiger partial charge < -0.3 is 9.88 Å². The van der Waals surface area contributed by atoms with Crippen LogP contribution in [0.15, 0.2) is 30.9 Å². The fourth-order valence-electron chi connectivity index (χ4n) is 3.08. The molecule has 118 valence electrons. The molecule has 4 rings (SSSR count). The van der Waals surface area contributed by atoms with E-state index < -0.39 is 0 Å². The molecule has 3 aromatic rings. The monoisotopic (exact) mass is 307 g/mol. The zero-order valence-corrected chi connectivity index (χ0v) is 13.6. The summed E-state index contributed by atoms with van der Waals surface area (Å²) in [5, 5.41) is 3.42. The van der Waals surface area contributed by atoms with Crippen molar-refractivity contribution in [1.82, 2.24) is 19.5 Å². The summed E-state index contributed by atoms with van der Waals surface area (Å²) in [4.78, 5) is 13.4. The van der Waals surface area contributed by atoms with Crippen molar-refractivity contribution in [3.8, 4) is 0 Å². The molecule has 0 unspecified atom stereocenters. The van der Waals surface area contributed by atoms with E-state index in [-0.39, 0.29) is 0 Å². The third kappa shape index (κ3) is 2.56. The van der Waals surface area contributed by atoms with Gasteiger partial charge in [-0.15, -0.1) is 0 Å². The van der Waals surface area contributed by atoms with Gasteiger partial charge in [-0.1, -0.05) is 13.3 Å². The van der Waals surface area contributed by atoms with E-state index in [1.165, 1.54) is 30.5 Å². The number of anilines is 2. The third-order valence-electron chi connectivity index (χ3n) is 4.79. The first-order chi connectivity index (χ1) is 11.2. The van der Waals surface area contributed by atoms with Crippen molar-refractivity contribution in [3.63, 3.8) is 0 Å². The van der Waals surface area contributed by atoms with Crippen molar-refractivity contribution in [1.29, 1.82) is 0 Å². The number of hydrogen-bond donors (Lipinski definition) is 1. The molecule has 0 atom stereocenters. The van der Waals surface area contributed by atoms with Gasteiger partial charge in [-0.05, 0) is 30.9 Å². The maximum atomic E-state index is 4.67. The van der Waals surface area contributed by atoms with Crippen LogP contribution in [-0.4, -0.2) is 19.5 Å². The summed E-state index contributed by atoms with van der Waals surface area (Å²) in [5.41, 5.74) is 5.57. The van der Waals surface area contributed by atoms with E-state index in [0.717, 1.165) is 29.0 Å². The summed E-state index contributed by atoms with van der Waals surface area (Å²) in [6, 6.07) is 4.29. The first-order valence-corrected chi connectivity index (χ1v) is 8.27. The summed E-state index contributed by atoms with van der Waals surface area (Å²) in [7, 11) is 1.99. The van der Waals surface area contributed by atoms with Gasteiger partial charge in [-0.2, -0.15) is 0 Å². The van der Waals surface area contributed by atoms with E-state index in [2.05, 4.69) is 33.3 Å². The molecule has 1 N–H and O–H groups in total. The Morgan fingerprint density at radius 3 is 2.78 bits per heavy atom. The maximum Gasteiger partial charge on any atom is 0.132 e. The average Bonchev–Trinajstić information content (AvgIpc) is 2.88. The number of hydrogen-bond acceptors (Lipinski definition) is 4. The minimum absolute atomic E-state index is 0.665. The first-order valence-electron chi connectivity index (χ1n) is 8.27. The minimum atomic E-state index is 0.665. The lowest BCUT2D eigenvalue weighted by atomic mass is 9.82. The highest BCUT2D eigenvalue weighted by Crippen LogP contribution is 2.36. The van der Waals surface area contributed by atoms with Crippen molar-refractivity contribution in [2.75, 3.05) is 5.32 Å². The van der Waals surface area contributed by atoms with E-state index >= 15 is 0 Å². The number of nitrogens with one attached hydrogen (secondary N) is 1. The Morgan fingerprint density at radius 1 is 1.17 bits per heavy atom. The van der Waals surface area contributed by atoms with Crippen molar-refractivity contribution in [2.45, 2.75) is 38.5 Å². The van der Waals surface area contributed by atoms with Crippen LogP contribution in [0.25, 0.3) is 11.0 Å². The van der Waals surface area contributed by atoms with E-state index in [0.29, 0.717) is 5.92 Å². The van der Waals surface area contributed by atoms with Gasteiger partial charge in [0.15, 0.2) is 0 Å². The number of fused-ring (bicyclic) bond motifs is 1. The predicted molar refractivity (Wildman–Crippen MR) is 92.0 cm³/mol. The minimum Gasteiger partial charge on any atom is -0.339 e. The van der Waals surface area contributed by atoms with Crippen molar-refractivity contribution >= 4 is 22.5 Å². The Balaban J connectivity index is 1.64. The normalized spacial score (nSPS) is 14.9. The summed E-state index contributed by atoms with van der Waals surface area (Å²) in [6.07, 6.45) is 10.5. The highest BCUT2D eigenvalue weighted by molar-refractivity contribution is 5.78. The Labute approximate surface area is 135 Å². The molecule has 23 heavy (non-hydrogen) atoms. The van der Waals surface area contributed by atoms with Crippen LogP contribution in [-0.2, 0) is 13.5 Å². The van der Waals surface area contributed by atoms with E-state index in [1.54, 1.807) is 6.20 Å². The van der Waals surface area contributed by atoms with Crippen LogP contribution in [0.1, 0.15) is 43.4 Å². The van der Waals surface area contributed by atoms with Gasteiger partial charge in [-0.25, -0.2) is 9.97 Å². The van der Waals surface area contributed by atoms with Crippen LogP contribution in [0.2, 0.25) is 0 Å². The van der Waals surface area contributed by atoms with E-state index in [9.17, 15) is 0 Å². The molecular formula is C18H21N5. The lowest BCUT2D eigenvalue weighted by Crippen LogP contribution is -2.11. The molecule has 0 spiro atoms. The zero-order valence-electron chi connectivity index (χ0n) is 13.6. The molecule has 0 aromatic carbocycles. The van der Waals surface area contributed by atoms with Gasteiger partial charge in [0.2, 0.25) is 0 Å². The van der Waals surface area contributed by atoms with Crippen LogP contribution < -0.4 is 5.32 Å². The molecule has 1 fully saturated rings. The van der Waals surface area contributed by atoms with Crippen molar-refractivity contribution in [2.24, 2.45) is 7.05 Å². The summed E-state index contributed by atoms with van der Waals surface area (Å²) < 4.78 is 2.00. The molecule has 3 heterocycles. The van der Waals surface area contributed by atoms with Crippen LogP contribution >= 0.6 is 0 Å². The lowest BCUT2D eigenvalue weighted by molar-refractivity contribution is 0.411. The number of aryl methyl sites for hydroxylation is 2. The Kier molecular flexibility index (Phi) is 3.48. The molecule has 1 aliphatic carbocycles. The fourth-order valence-corrected chi connectivity index (χ4v) is 3.08. The topological polar surface area (TPSA) is 55.6 Å². The number of pyridine rings is 2. The van der Waals surface area contributed by atoms with Gasteiger partial charge in [-0.3, -0.25) is 4.98 Å². The Morgan fingerprint density at radius 2 is 2.04 bits per heavy atom. The molecule has 1 aliphatic rings. The van der Waals surface area contributed by atoms with Crippen LogP contribution in [0.3, 0.4) is 0 Å². The molecule has 3 aromatic heterocycles. The maximum absolute atomic E-state index is 4.67. The van der Waals surface area contributed by atoms with Crippen LogP contribution in [0.4, 0.5) is 11.5 Å². The van der Waals surface area contributed by atoms with E-state index in [4.69, 9.17) is 0 Å². The standard InChI is InChI=1S/C18H21N5/c1-3-12-7-14(13-5-4-6-13)19-9-15(12)22-18-8-17-16(10-20-18)21-11-23(17)2/h7-11,13H,3-6H2,1-2H3,(H,20,22). The molecule has 0 aliphatic heterocycles. The molecule has 0 amide bonds. The van der Waals surface area contributed by atoms with Crippen LogP contribution in [0.5, 0.6) is 0 Å². The third-order valence-corrected chi connectivity index (χ3v) is 4.79. The largest absolute Gasteiger partial charge is 0.339 e. The average molecular weight is 307 g/mol. The molecule has 5 heteroatoms. The molecule has 1 saturated carbocycles. The Hall–Kier alpha value is -2.43. The highest BCUT2D eigenvalue weighted by atomic mass is 15.1. The molecule has 5 nitrogen and oxygen atoms in total. The smallest absolute Gasteiger partial charge is 0.132 e.